The summed E-state index contributed by atoms with van der Waals surface area (Å²) in [5, 5.41) is 2.48. The van der Waals surface area contributed by atoms with Crippen molar-refractivity contribution in [2.45, 2.75) is 45.7 Å². The number of hydrogen-bond acceptors (Lipinski definition) is 2. The van der Waals surface area contributed by atoms with Crippen molar-refractivity contribution in [3.05, 3.63) is 107 Å². The van der Waals surface area contributed by atoms with Gasteiger partial charge >= 0.3 is 0 Å². The van der Waals surface area contributed by atoms with Gasteiger partial charge in [0.1, 0.15) is 0 Å². The second kappa shape index (κ2) is 11.1. The van der Waals surface area contributed by atoms with E-state index in [1.807, 2.05) is 36.2 Å². The van der Waals surface area contributed by atoms with Crippen LogP contribution in [0.2, 0.25) is 0 Å². The quantitative estimate of drug-likeness (QED) is 0.288. The Bertz CT molecular complexity index is 1320. The number of nitrogens with zero attached hydrogens (tertiary/aromatic N) is 2. The van der Waals surface area contributed by atoms with Gasteiger partial charge in [0.2, 0.25) is 0 Å². The van der Waals surface area contributed by atoms with Crippen molar-refractivity contribution >= 4 is 16.7 Å². The highest BCUT2D eigenvalue weighted by molar-refractivity contribution is 5.95. The third-order valence-electron chi connectivity index (χ3n) is 7.41. The maximum Gasteiger partial charge on any atom is 0.253 e. The molecule has 4 aromatic carbocycles. The van der Waals surface area contributed by atoms with Crippen molar-refractivity contribution in [2.75, 3.05) is 20.1 Å². The van der Waals surface area contributed by atoms with Gasteiger partial charge in [0.05, 0.1) is 0 Å². The molecule has 0 radical (unpaired) electrons. The Hall–Kier alpha value is -3.43. The first kappa shape index (κ1) is 24.3. The lowest BCUT2D eigenvalue weighted by Crippen LogP contribution is -2.26. The van der Waals surface area contributed by atoms with E-state index in [1.54, 1.807) is 0 Å². The molecule has 36 heavy (non-hydrogen) atoms. The zero-order chi connectivity index (χ0) is 24.9. The van der Waals surface area contributed by atoms with Crippen LogP contribution in [-0.2, 0) is 13.1 Å². The molecule has 1 heterocycles. The van der Waals surface area contributed by atoms with Crippen molar-refractivity contribution in [3.8, 4) is 11.1 Å². The van der Waals surface area contributed by atoms with Crippen LogP contribution in [0.4, 0.5) is 0 Å². The molecule has 1 aliphatic heterocycles. The molecule has 3 heteroatoms. The smallest absolute Gasteiger partial charge is 0.253 e. The van der Waals surface area contributed by atoms with E-state index in [0.717, 1.165) is 12.1 Å². The lowest BCUT2D eigenvalue weighted by Gasteiger charge is -2.21. The summed E-state index contributed by atoms with van der Waals surface area (Å²) in [6.07, 6.45) is 5.35. The van der Waals surface area contributed by atoms with E-state index in [1.165, 1.54) is 71.8 Å². The predicted molar refractivity (Wildman–Crippen MR) is 150 cm³/mol. The van der Waals surface area contributed by atoms with Crippen LogP contribution in [-0.4, -0.2) is 35.8 Å². The number of aryl methyl sites for hydroxylation is 1. The van der Waals surface area contributed by atoms with Crippen LogP contribution in [0.3, 0.4) is 0 Å². The fourth-order valence-corrected chi connectivity index (χ4v) is 5.29. The topological polar surface area (TPSA) is 23.6 Å². The first-order chi connectivity index (χ1) is 17.6. The summed E-state index contributed by atoms with van der Waals surface area (Å²) in [5.74, 6) is 0.0419. The highest BCUT2D eigenvalue weighted by atomic mass is 16.2. The molecule has 1 fully saturated rings. The molecule has 0 spiro atoms. The lowest BCUT2D eigenvalue weighted by atomic mass is 10.0. The second-order valence-corrected chi connectivity index (χ2v) is 10.3. The van der Waals surface area contributed by atoms with E-state index in [0.29, 0.717) is 12.1 Å². The third-order valence-corrected chi connectivity index (χ3v) is 7.41. The zero-order valence-corrected chi connectivity index (χ0v) is 21.5. The second-order valence-electron chi connectivity index (χ2n) is 10.3. The standard InChI is InChI=1S/C33H36N2O/c1-25-10-13-27(14-11-25)28-15-17-29(18-16-28)33(36)34(2)24-31-9-7-8-30-22-26(12-19-32(30)31)23-35-20-5-3-4-6-21-35/h7-19,22H,3-6,20-21,23-24H2,1-2H3. The molecule has 184 valence electrons. The molecule has 1 aliphatic rings. The molecule has 5 rings (SSSR count). The minimum absolute atomic E-state index is 0.0419. The summed E-state index contributed by atoms with van der Waals surface area (Å²) >= 11 is 0. The van der Waals surface area contributed by atoms with E-state index in [-0.39, 0.29) is 5.91 Å². The molecule has 1 amide bonds. The van der Waals surface area contributed by atoms with Gasteiger partial charge in [-0.3, -0.25) is 9.69 Å². The van der Waals surface area contributed by atoms with E-state index in [4.69, 9.17) is 0 Å². The molecule has 0 atom stereocenters. The number of rotatable bonds is 6. The Balaban J connectivity index is 1.28. The summed E-state index contributed by atoms with van der Waals surface area (Å²) in [6, 6.07) is 29.7. The van der Waals surface area contributed by atoms with Crippen molar-refractivity contribution < 1.29 is 4.79 Å². The van der Waals surface area contributed by atoms with E-state index in [9.17, 15) is 4.79 Å². The summed E-state index contributed by atoms with van der Waals surface area (Å²) in [5.41, 5.74) is 6.81. The van der Waals surface area contributed by atoms with Gasteiger partial charge in [-0.1, -0.05) is 85.1 Å². The molecule has 0 unspecified atom stereocenters. The molecule has 3 nitrogen and oxygen atoms in total. The molecular formula is C33H36N2O. The van der Waals surface area contributed by atoms with Crippen LogP contribution in [0.15, 0.2) is 84.9 Å². The SMILES string of the molecule is Cc1ccc(-c2ccc(C(=O)N(C)Cc3cccc4cc(CN5CCCCCC5)ccc34)cc2)cc1. The number of benzene rings is 4. The predicted octanol–water partition coefficient (Wildman–Crippen LogP) is 7.46. The average Bonchev–Trinajstić information content (AvgIpc) is 3.17. The van der Waals surface area contributed by atoms with E-state index >= 15 is 0 Å². The monoisotopic (exact) mass is 476 g/mol. The number of likely N-dealkylation sites (tertiary alicyclic amines) is 1. The van der Waals surface area contributed by atoms with E-state index in [2.05, 4.69) is 72.5 Å². The fourth-order valence-electron chi connectivity index (χ4n) is 5.29. The largest absolute Gasteiger partial charge is 0.337 e. The van der Waals surface area contributed by atoms with Gasteiger partial charge in [0.15, 0.2) is 0 Å². The summed E-state index contributed by atoms with van der Waals surface area (Å²) < 4.78 is 0. The number of carbonyl (C=O) groups is 1. The molecule has 0 aromatic heterocycles. The molecule has 4 aromatic rings. The van der Waals surface area contributed by atoms with Crippen LogP contribution in [0.25, 0.3) is 21.9 Å². The Morgan fingerprint density at radius 1 is 0.806 bits per heavy atom. The molecule has 0 bridgehead atoms. The highest BCUT2D eigenvalue weighted by Crippen LogP contribution is 2.24. The normalized spacial score (nSPS) is 14.5. The van der Waals surface area contributed by atoms with Crippen LogP contribution in [0.5, 0.6) is 0 Å². The van der Waals surface area contributed by atoms with Gasteiger partial charge in [-0.2, -0.15) is 0 Å². The Kier molecular flexibility index (Phi) is 7.48. The number of amides is 1. The highest BCUT2D eigenvalue weighted by Gasteiger charge is 2.15. The summed E-state index contributed by atoms with van der Waals surface area (Å²) in [6.45, 7) is 6.11. The molecule has 0 aliphatic carbocycles. The van der Waals surface area contributed by atoms with Gasteiger partial charge in [0.25, 0.3) is 5.91 Å². The Morgan fingerprint density at radius 2 is 1.47 bits per heavy atom. The van der Waals surface area contributed by atoms with Crippen LogP contribution in [0, 0.1) is 6.92 Å². The first-order valence-corrected chi connectivity index (χ1v) is 13.2. The van der Waals surface area contributed by atoms with Gasteiger partial charge in [-0.05, 0) is 84.1 Å². The summed E-state index contributed by atoms with van der Waals surface area (Å²) in [7, 11) is 1.89. The fraction of sp³-hybridized carbons (Fsp3) is 0.303. The zero-order valence-electron chi connectivity index (χ0n) is 21.5. The lowest BCUT2D eigenvalue weighted by molar-refractivity contribution is 0.0785. The average molecular weight is 477 g/mol. The number of carbonyl (C=O) groups excluding carboxylic acids is 1. The van der Waals surface area contributed by atoms with Gasteiger partial charge in [-0.15, -0.1) is 0 Å². The van der Waals surface area contributed by atoms with Crippen LogP contribution in [0.1, 0.15) is 52.7 Å². The van der Waals surface area contributed by atoms with Crippen molar-refractivity contribution in [2.24, 2.45) is 0 Å². The van der Waals surface area contributed by atoms with E-state index < -0.39 is 0 Å². The Morgan fingerprint density at radius 3 is 2.17 bits per heavy atom. The third kappa shape index (κ3) is 5.68. The van der Waals surface area contributed by atoms with Gasteiger partial charge in [0, 0.05) is 25.7 Å². The molecule has 0 N–H and O–H groups in total. The van der Waals surface area contributed by atoms with Crippen molar-refractivity contribution in [3.63, 3.8) is 0 Å². The van der Waals surface area contributed by atoms with Gasteiger partial charge in [-0.25, -0.2) is 0 Å². The van der Waals surface area contributed by atoms with Crippen molar-refractivity contribution in [1.29, 1.82) is 0 Å². The van der Waals surface area contributed by atoms with Crippen molar-refractivity contribution in [1.82, 2.24) is 9.80 Å². The minimum Gasteiger partial charge on any atom is -0.337 e. The maximum atomic E-state index is 13.2. The first-order valence-electron chi connectivity index (χ1n) is 13.2. The molecular weight excluding hydrogens is 440 g/mol. The molecule has 1 saturated heterocycles. The minimum atomic E-state index is 0.0419. The van der Waals surface area contributed by atoms with Crippen LogP contribution < -0.4 is 0 Å². The molecule has 0 saturated carbocycles. The van der Waals surface area contributed by atoms with Gasteiger partial charge < -0.3 is 4.90 Å². The van der Waals surface area contributed by atoms with Crippen LogP contribution >= 0.6 is 0 Å². The maximum absolute atomic E-state index is 13.2. The number of fused-ring (bicyclic) bond motifs is 1. The Labute approximate surface area is 215 Å². The summed E-state index contributed by atoms with van der Waals surface area (Å²) in [4.78, 5) is 17.6. The number of hydrogen-bond donors (Lipinski definition) is 0.